The summed E-state index contributed by atoms with van der Waals surface area (Å²) < 4.78 is 19.2. The van der Waals surface area contributed by atoms with Crippen molar-refractivity contribution >= 4 is 11.8 Å². The van der Waals surface area contributed by atoms with Crippen LogP contribution >= 0.6 is 0 Å². The van der Waals surface area contributed by atoms with E-state index in [4.69, 9.17) is 4.74 Å². The van der Waals surface area contributed by atoms with Crippen molar-refractivity contribution in [2.45, 2.75) is 38.8 Å². The molecule has 1 unspecified atom stereocenters. The van der Waals surface area contributed by atoms with Crippen molar-refractivity contribution < 1.29 is 9.13 Å². The number of hydrogen-bond acceptors (Lipinski definition) is 4. The van der Waals surface area contributed by atoms with Crippen molar-refractivity contribution in [3.05, 3.63) is 54.0 Å². The minimum atomic E-state index is -0.299. The van der Waals surface area contributed by atoms with Crippen LogP contribution in [0.4, 0.5) is 10.2 Å². The molecule has 3 rings (SSSR count). The highest BCUT2D eigenvalue weighted by molar-refractivity contribution is 5.79. The standard InChI is InChI=1S/C22H30FN5O/c1-3-19(29-20-8-6-7-18(23)13-20)16-27-22(24-2)26-15-17-9-10-21(25-14-17)28-11-4-5-12-28/h6-10,13-14,19H,3-5,11-12,15-16H2,1-2H3,(H2,24,26,27). The lowest BCUT2D eigenvalue weighted by molar-refractivity contribution is 0.199. The number of halogens is 1. The Morgan fingerprint density at radius 1 is 1.24 bits per heavy atom. The molecule has 1 atom stereocenters. The van der Waals surface area contributed by atoms with Crippen molar-refractivity contribution in [2.75, 3.05) is 31.6 Å². The molecule has 6 nitrogen and oxygen atoms in total. The highest BCUT2D eigenvalue weighted by Crippen LogP contribution is 2.17. The van der Waals surface area contributed by atoms with Crippen LogP contribution in [0.3, 0.4) is 0 Å². The number of rotatable bonds is 8. The number of guanidine groups is 1. The van der Waals surface area contributed by atoms with Crippen LogP contribution in [0.1, 0.15) is 31.7 Å². The lowest BCUT2D eigenvalue weighted by atomic mass is 10.2. The van der Waals surface area contributed by atoms with Gasteiger partial charge in [-0.1, -0.05) is 19.1 Å². The molecule has 29 heavy (non-hydrogen) atoms. The third kappa shape index (κ3) is 6.34. The molecule has 1 aromatic heterocycles. The van der Waals surface area contributed by atoms with Crippen molar-refractivity contribution in [3.63, 3.8) is 0 Å². The van der Waals surface area contributed by atoms with Gasteiger partial charge in [0.05, 0.1) is 6.54 Å². The van der Waals surface area contributed by atoms with E-state index in [9.17, 15) is 4.39 Å². The van der Waals surface area contributed by atoms with Gasteiger partial charge in [-0.25, -0.2) is 9.37 Å². The molecule has 2 N–H and O–H groups in total. The Morgan fingerprint density at radius 2 is 2.07 bits per heavy atom. The third-order valence-electron chi connectivity index (χ3n) is 4.97. The fraction of sp³-hybridized carbons (Fsp3) is 0.455. The Balaban J connectivity index is 1.45. The van der Waals surface area contributed by atoms with Gasteiger partial charge in [0.15, 0.2) is 5.96 Å². The first-order valence-electron chi connectivity index (χ1n) is 10.2. The topological polar surface area (TPSA) is 61.8 Å². The molecule has 1 aliphatic rings. The van der Waals surface area contributed by atoms with Crippen molar-refractivity contribution in [3.8, 4) is 5.75 Å². The number of benzene rings is 1. The second-order valence-electron chi connectivity index (χ2n) is 7.13. The molecule has 2 heterocycles. The number of pyridine rings is 1. The van der Waals surface area contributed by atoms with Crippen molar-refractivity contribution in [2.24, 2.45) is 4.99 Å². The maximum Gasteiger partial charge on any atom is 0.191 e. The van der Waals surface area contributed by atoms with E-state index in [1.807, 2.05) is 13.1 Å². The minimum Gasteiger partial charge on any atom is -0.489 e. The Hall–Kier alpha value is -2.83. The van der Waals surface area contributed by atoms with Gasteiger partial charge in [-0.05, 0) is 43.0 Å². The number of ether oxygens (including phenoxy) is 1. The van der Waals surface area contributed by atoms with E-state index >= 15 is 0 Å². The van der Waals surface area contributed by atoms with Crippen LogP contribution in [-0.4, -0.2) is 43.7 Å². The molecule has 2 aromatic rings. The molecular weight excluding hydrogens is 369 g/mol. The Kier molecular flexibility index (Phi) is 7.67. The van der Waals surface area contributed by atoms with Crippen LogP contribution in [0.5, 0.6) is 5.75 Å². The minimum absolute atomic E-state index is 0.0863. The van der Waals surface area contributed by atoms with E-state index in [2.05, 4.69) is 37.6 Å². The summed E-state index contributed by atoms with van der Waals surface area (Å²) in [5.41, 5.74) is 1.10. The lowest BCUT2D eigenvalue weighted by Crippen LogP contribution is -2.42. The molecule has 0 bridgehead atoms. The maximum atomic E-state index is 13.3. The lowest BCUT2D eigenvalue weighted by Gasteiger charge is -2.20. The predicted molar refractivity (Wildman–Crippen MR) is 115 cm³/mol. The number of hydrogen-bond donors (Lipinski definition) is 2. The summed E-state index contributed by atoms with van der Waals surface area (Å²) in [7, 11) is 1.73. The average molecular weight is 400 g/mol. The van der Waals surface area contributed by atoms with Gasteiger partial charge in [0.1, 0.15) is 23.5 Å². The van der Waals surface area contributed by atoms with Gasteiger partial charge >= 0.3 is 0 Å². The number of nitrogens with one attached hydrogen (secondary N) is 2. The van der Waals surface area contributed by atoms with Crippen LogP contribution in [-0.2, 0) is 6.54 Å². The molecule has 0 spiro atoms. The molecule has 1 saturated heterocycles. The zero-order valence-electron chi connectivity index (χ0n) is 17.2. The predicted octanol–water partition coefficient (Wildman–Crippen LogP) is 3.34. The molecule has 1 fully saturated rings. The number of aromatic nitrogens is 1. The summed E-state index contributed by atoms with van der Waals surface area (Å²) in [6.07, 6.45) is 5.11. The monoisotopic (exact) mass is 399 g/mol. The van der Waals surface area contributed by atoms with Gasteiger partial charge in [0, 0.05) is 38.9 Å². The first-order valence-corrected chi connectivity index (χ1v) is 10.2. The third-order valence-corrected chi connectivity index (χ3v) is 4.97. The van der Waals surface area contributed by atoms with E-state index in [1.165, 1.54) is 25.0 Å². The SMILES string of the molecule is CCC(CNC(=NC)NCc1ccc(N2CCCC2)nc1)Oc1cccc(F)c1. The molecule has 1 aromatic carbocycles. The fourth-order valence-electron chi connectivity index (χ4n) is 3.27. The van der Waals surface area contributed by atoms with Crippen LogP contribution in [0.15, 0.2) is 47.6 Å². The van der Waals surface area contributed by atoms with Gasteiger partial charge < -0.3 is 20.3 Å². The number of nitrogens with zero attached hydrogens (tertiary/aromatic N) is 3. The zero-order valence-corrected chi connectivity index (χ0v) is 17.2. The molecular formula is C22H30FN5O. The van der Waals surface area contributed by atoms with Gasteiger partial charge in [0.25, 0.3) is 0 Å². The normalized spacial score (nSPS) is 15.3. The Bertz CT molecular complexity index is 790. The van der Waals surface area contributed by atoms with Crippen LogP contribution in [0.2, 0.25) is 0 Å². The van der Waals surface area contributed by atoms with Crippen LogP contribution < -0.4 is 20.3 Å². The Labute approximate surface area is 172 Å². The summed E-state index contributed by atoms with van der Waals surface area (Å²) in [4.78, 5) is 11.2. The van der Waals surface area contributed by atoms with Crippen LogP contribution in [0, 0.1) is 5.82 Å². The van der Waals surface area contributed by atoms with E-state index in [1.54, 1.807) is 19.2 Å². The molecule has 0 aliphatic carbocycles. The number of anilines is 1. The molecule has 0 radical (unpaired) electrons. The number of aliphatic imine (C=N–C) groups is 1. The first kappa shape index (κ1) is 20.9. The Morgan fingerprint density at radius 3 is 2.72 bits per heavy atom. The molecule has 156 valence electrons. The van der Waals surface area contributed by atoms with E-state index in [-0.39, 0.29) is 11.9 Å². The highest BCUT2D eigenvalue weighted by atomic mass is 19.1. The van der Waals surface area contributed by atoms with Gasteiger partial charge in [-0.2, -0.15) is 0 Å². The summed E-state index contributed by atoms with van der Waals surface area (Å²) in [5, 5.41) is 6.57. The maximum absolute atomic E-state index is 13.3. The van der Waals surface area contributed by atoms with Crippen LogP contribution in [0.25, 0.3) is 0 Å². The van der Waals surface area contributed by atoms with E-state index < -0.39 is 0 Å². The van der Waals surface area contributed by atoms with Crippen molar-refractivity contribution in [1.29, 1.82) is 0 Å². The second kappa shape index (κ2) is 10.6. The molecule has 7 heteroatoms. The zero-order chi connectivity index (χ0) is 20.5. The second-order valence-corrected chi connectivity index (χ2v) is 7.13. The summed E-state index contributed by atoms with van der Waals surface area (Å²) >= 11 is 0. The highest BCUT2D eigenvalue weighted by Gasteiger charge is 2.13. The summed E-state index contributed by atoms with van der Waals surface area (Å²) in [5.74, 6) is 1.97. The van der Waals surface area contributed by atoms with E-state index in [0.29, 0.717) is 24.8 Å². The van der Waals surface area contributed by atoms with Gasteiger partial charge in [-0.15, -0.1) is 0 Å². The van der Waals surface area contributed by atoms with Gasteiger partial charge in [-0.3, -0.25) is 4.99 Å². The summed E-state index contributed by atoms with van der Waals surface area (Å²) in [6, 6.07) is 10.4. The average Bonchev–Trinajstić information content (AvgIpc) is 3.28. The molecule has 1 aliphatic heterocycles. The molecule has 0 saturated carbocycles. The smallest absolute Gasteiger partial charge is 0.191 e. The fourth-order valence-corrected chi connectivity index (χ4v) is 3.27. The van der Waals surface area contributed by atoms with Crippen molar-refractivity contribution in [1.82, 2.24) is 15.6 Å². The quantitative estimate of drug-likeness (QED) is 0.527. The molecule has 0 amide bonds. The summed E-state index contributed by atoms with van der Waals surface area (Å²) in [6.45, 7) is 5.43. The van der Waals surface area contributed by atoms with Gasteiger partial charge in [0.2, 0.25) is 0 Å². The van der Waals surface area contributed by atoms with E-state index in [0.717, 1.165) is 30.9 Å². The largest absolute Gasteiger partial charge is 0.489 e. The first-order chi connectivity index (χ1) is 14.2.